The zero-order valence-electron chi connectivity index (χ0n) is 11.4. The van der Waals surface area contributed by atoms with Crippen molar-refractivity contribution in [3.63, 3.8) is 0 Å². The van der Waals surface area contributed by atoms with E-state index in [0.29, 0.717) is 24.7 Å². The van der Waals surface area contributed by atoms with Gasteiger partial charge in [-0.1, -0.05) is 23.3 Å². The van der Waals surface area contributed by atoms with Crippen LogP contribution >= 0.6 is 0 Å². The topological polar surface area (TPSA) is 34.1 Å². The Morgan fingerprint density at radius 1 is 0.842 bits per heavy atom. The van der Waals surface area contributed by atoms with Crippen LogP contribution in [0.1, 0.15) is 33.1 Å². The highest BCUT2D eigenvalue weighted by Crippen LogP contribution is 2.54. The standard InChI is InChI=1S/C17H18O2/c1-8-5-12-13(6-9(8)2)17(19)15-11-4-3-10(7-11)14(15)16(12)18/h3-4,10-11,14-15H,5-7H2,1-2H3. The Balaban J connectivity index is 1.81. The van der Waals surface area contributed by atoms with Crippen molar-refractivity contribution in [2.45, 2.75) is 33.1 Å². The second kappa shape index (κ2) is 3.56. The van der Waals surface area contributed by atoms with Crippen LogP contribution in [0.25, 0.3) is 0 Å². The molecule has 0 heterocycles. The van der Waals surface area contributed by atoms with E-state index in [1.165, 1.54) is 11.1 Å². The SMILES string of the molecule is CC1=C(C)CC2=C(C1)C(=O)C1C3C=CC(C3)C1C2=O. The van der Waals surface area contributed by atoms with Crippen LogP contribution in [0.15, 0.2) is 34.4 Å². The van der Waals surface area contributed by atoms with Gasteiger partial charge in [-0.05, 0) is 44.9 Å². The van der Waals surface area contributed by atoms with Crippen molar-refractivity contribution in [2.24, 2.45) is 23.7 Å². The van der Waals surface area contributed by atoms with Crippen LogP contribution in [0.3, 0.4) is 0 Å². The summed E-state index contributed by atoms with van der Waals surface area (Å²) in [5, 5.41) is 0. The summed E-state index contributed by atoms with van der Waals surface area (Å²) >= 11 is 0. The smallest absolute Gasteiger partial charge is 0.164 e. The Morgan fingerprint density at radius 2 is 1.26 bits per heavy atom. The zero-order valence-corrected chi connectivity index (χ0v) is 11.4. The van der Waals surface area contributed by atoms with E-state index in [-0.39, 0.29) is 23.4 Å². The maximum absolute atomic E-state index is 12.8. The molecule has 2 nitrogen and oxygen atoms in total. The van der Waals surface area contributed by atoms with Crippen molar-refractivity contribution >= 4 is 11.6 Å². The van der Waals surface area contributed by atoms with Crippen molar-refractivity contribution in [2.75, 3.05) is 0 Å². The normalized spacial score (nSPS) is 40.1. The van der Waals surface area contributed by atoms with Gasteiger partial charge in [0, 0.05) is 23.0 Å². The number of carbonyl (C=O) groups is 2. The predicted molar refractivity (Wildman–Crippen MR) is 72.4 cm³/mol. The van der Waals surface area contributed by atoms with Gasteiger partial charge in [-0.25, -0.2) is 0 Å². The summed E-state index contributed by atoms with van der Waals surface area (Å²) in [5.74, 6) is 1.15. The lowest BCUT2D eigenvalue weighted by Gasteiger charge is -2.35. The van der Waals surface area contributed by atoms with E-state index >= 15 is 0 Å². The van der Waals surface area contributed by atoms with Crippen molar-refractivity contribution in [1.82, 2.24) is 0 Å². The average Bonchev–Trinajstić information content (AvgIpc) is 2.99. The third-order valence-electron chi connectivity index (χ3n) is 5.64. The van der Waals surface area contributed by atoms with E-state index in [1.54, 1.807) is 0 Å². The number of hydrogen-bond acceptors (Lipinski definition) is 2. The minimum absolute atomic E-state index is 0.0348. The summed E-state index contributed by atoms with van der Waals surface area (Å²) < 4.78 is 0. The molecule has 0 aromatic rings. The van der Waals surface area contributed by atoms with Crippen molar-refractivity contribution in [1.29, 1.82) is 0 Å². The number of fused-ring (bicyclic) bond motifs is 5. The van der Waals surface area contributed by atoms with Gasteiger partial charge in [0.05, 0.1) is 0 Å². The maximum atomic E-state index is 12.8. The molecular formula is C17H18O2. The van der Waals surface area contributed by atoms with E-state index in [4.69, 9.17) is 0 Å². The third-order valence-corrected chi connectivity index (χ3v) is 5.64. The molecule has 0 aromatic heterocycles. The molecule has 4 rings (SSSR count). The molecule has 2 bridgehead atoms. The highest BCUT2D eigenvalue weighted by atomic mass is 16.1. The molecule has 0 saturated heterocycles. The first-order chi connectivity index (χ1) is 9.08. The van der Waals surface area contributed by atoms with Crippen molar-refractivity contribution < 1.29 is 9.59 Å². The Hall–Kier alpha value is -1.44. The Kier molecular flexibility index (Phi) is 2.13. The number of hydrogen-bond donors (Lipinski definition) is 0. The van der Waals surface area contributed by atoms with Gasteiger partial charge in [0.15, 0.2) is 11.6 Å². The number of ketones is 2. The molecule has 0 amide bonds. The Morgan fingerprint density at radius 3 is 1.68 bits per heavy atom. The molecule has 4 aliphatic rings. The van der Waals surface area contributed by atoms with E-state index in [2.05, 4.69) is 26.0 Å². The number of Topliss-reactive ketones (excluding diaryl/α,β-unsaturated/α-hetero) is 2. The number of rotatable bonds is 0. The summed E-state index contributed by atoms with van der Waals surface area (Å²) in [7, 11) is 0. The molecule has 0 aromatic carbocycles. The lowest BCUT2D eigenvalue weighted by Crippen LogP contribution is -2.41. The van der Waals surface area contributed by atoms with Crippen LogP contribution in [0.5, 0.6) is 0 Å². The van der Waals surface area contributed by atoms with Crippen LogP contribution in [0.4, 0.5) is 0 Å². The second-order valence-corrected chi connectivity index (χ2v) is 6.60. The molecule has 4 aliphatic carbocycles. The molecule has 0 spiro atoms. The molecule has 98 valence electrons. The molecule has 1 saturated carbocycles. The second-order valence-electron chi connectivity index (χ2n) is 6.60. The highest BCUT2D eigenvalue weighted by Gasteiger charge is 2.55. The number of carbonyl (C=O) groups excluding carboxylic acids is 2. The van der Waals surface area contributed by atoms with Gasteiger partial charge < -0.3 is 0 Å². The monoisotopic (exact) mass is 254 g/mol. The summed E-state index contributed by atoms with van der Waals surface area (Å²) in [6.45, 7) is 4.17. The summed E-state index contributed by atoms with van der Waals surface area (Å²) in [6.07, 6.45) is 6.75. The third kappa shape index (κ3) is 1.32. The Bertz CT molecular complexity index is 553. The fourth-order valence-electron chi connectivity index (χ4n) is 4.46. The molecule has 0 aliphatic heterocycles. The molecule has 0 radical (unpaired) electrons. The minimum atomic E-state index is -0.0348. The van der Waals surface area contributed by atoms with Gasteiger partial charge >= 0.3 is 0 Å². The van der Waals surface area contributed by atoms with Crippen LogP contribution in [0, 0.1) is 23.7 Å². The first-order valence-corrected chi connectivity index (χ1v) is 7.22. The average molecular weight is 254 g/mol. The van der Waals surface area contributed by atoms with Gasteiger partial charge in [0.2, 0.25) is 0 Å². The molecule has 19 heavy (non-hydrogen) atoms. The van der Waals surface area contributed by atoms with E-state index in [1.807, 2.05) is 0 Å². The molecule has 2 heteroatoms. The Labute approximate surface area is 113 Å². The molecule has 4 unspecified atom stereocenters. The first-order valence-electron chi connectivity index (χ1n) is 7.22. The molecular weight excluding hydrogens is 236 g/mol. The maximum Gasteiger partial charge on any atom is 0.164 e. The van der Waals surface area contributed by atoms with E-state index in [0.717, 1.165) is 17.6 Å². The molecule has 1 fully saturated rings. The van der Waals surface area contributed by atoms with E-state index < -0.39 is 0 Å². The van der Waals surface area contributed by atoms with Crippen LogP contribution in [-0.2, 0) is 9.59 Å². The van der Waals surface area contributed by atoms with Gasteiger partial charge in [-0.3, -0.25) is 9.59 Å². The van der Waals surface area contributed by atoms with Gasteiger partial charge in [-0.15, -0.1) is 0 Å². The van der Waals surface area contributed by atoms with Crippen LogP contribution < -0.4 is 0 Å². The highest BCUT2D eigenvalue weighted by molar-refractivity contribution is 6.15. The van der Waals surface area contributed by atoms with Gasteiger partial charge in [0.1, 0.15) is 0 Å². The summed E-state index contributed by atoms with van der Waals surface area (Å²) in [4.78, 5) is 25.5. The predicted octanol–water partition coefficient (Wildman–Crippen LogP) is 3.00. The van der Waals surface area contributed by atoms with Crippen LogP contribution in [-0.4, -0.2) is 11.6 Å². The van der Waals surface area contributed by atoms with Gasteiger partial charge in [0.25, 0.3) is 0 Å². The van der Waals surface area contributed by atoms with Crippen LogP contribution in [0.2, 0.25) is 0 Å². The number of allylic oxidation sites excluding steroid dienone is 6. The zero-order chi connectivity index (χ0) is 13.3. The quantitative estimate of drug-likeness (QED) is 0.623. The summed E-state index contributed by atoms with van der Waals surface area (Å²) in [5.41, 5.74) is 4.24. The van der Waals surface area contributed by atoms with Crippen molar-refractivity contribution in [3.8, 4) is 0 Å². The van der Waals surface area contributed by atoms with Crippen molar-refractivity contribution in [3.05, 3.63) is 34.4 Å². The summed E-state index contributed by atoms with van der Waals surface area (Å²) in [6, 6.07) is 0. The van der Waals surface area contributed by atoms with Gasteiger partial charge in [-0.2, -0.15) is 0 Å². The fourth-order valence-corrected chi connectivity index (χ4v) is 4.46. The lowest BCUT2D eigenvalue weighted by molar-refractivity contribution is -0.131. The molecule has 0 N–H and O–H groups in total. The molecule has 4 atom stereocenters. The lowest BCUT2D eigenvalue weighted by atomic mass is 9.66. The minimum Gasteiger partial charge on any atom is -0.294 e. The first kappa shape index (κ1) is 11.4. The van der Waals surface area contributed by atoms with E-state index in [9.17, 15) is 9.59 Å². The largest absolute Gasteiger partial charge is 0.294 e. The fraction of sp³-hybridized carbons (Fsp3) is 0.529.